The molecule has 3 heterocycles. The van der Waals surface area contributed by atoms with E-state index >= 15 is 0 Å². The number of ether oxygens (including phenoxy) is 2. The molecule has 2 saturated heterocycles. The van der Waals surface area contributed by atoms with Crippen LogP contribution in [0.1, 0.15) is 12.7 Å². The fourth-order valence-electron chi connectivity index (χ4n) is 2.71. The van der Waals surface area contributed by atoms with Crippen LogP contribution in [0, 0.1) is 17.0 Å². The lowest BCUT2D eigenvalue weighted by Gasteiger charge is -2.09. The third kappa shape index (κ3) is 4.76. The van der Waals surface area contributed by atoms with Crippen LogP contribution in [0.4, 0.5) is 5.82 Å². The fraction of sp³-hybridized carbons (Fsp3) is 0.786. The number of fused-ring (bicyclic) bond motifs is 1. The Labute approximate surface area is 150 Å². The zero-order valence-electron chi connectivity index (χ0n) is 14.5. The van der Waals surface area contributed by atoms with Crippen molar-refractivity contribution in [2.24, 2.45) is 0 Å². The molecule has 4 atom stereocenters. The van der Waals surface area contributed by atoms with Crippen LogP contribution in [0.15, 0.2) is 6.20 Å². The number of sulfone groups is 1. The minimum atomic E-state index is -3.13. The van der Waals surface area contributed by atoms with Gasteiger partial charge in [0.1, 0.15) is 37.2 Å². The summed E-state index contributed by atoms with van der Waals surface area (Å²) in [5, 5.41) is 28.9. The predicted molar refractivity (Wildman–Crippen MR) is 89.4 cm³/mol. The minimum Gasteiger partial charge on any atom is -0.388 e. The summed E-state index contributed by atoms with van der Waals surface area (Å²) in [5.74, 6) is 0.192. The van der Waals surface area contributed by atoms with Gasteiger partial charge in [-0.2, -0.15) is 0 Å². The summed E-state index contributed by atoms with van der Waals surface area (Å²) in [7, 11) is -3.13. The van der Waals surface area contributed by atoms with Gasteiger partial charge in [-0.25, -0.2) is 18.0 Å². The molecule has 2 fully saturated rings. The Bertz CT molecular complexity index is 719. The second-order valence-corrected chi connectivity index (χ2v) is 8.51. The molecule has 0 spiro atoms. The number of aliphatic hydroxyl groups is 2. The SMILES string of the molecule is CCS(=O)(=O)CCn1c([N+](=O)[O-])cnc1C.O[C@@H]1CO[C@H]2[C@@H]1OC[C@@H]2O. The van der Waals surface area contributed by atoms with Gasteiger partial charge in [-0.15, -0.1) is 0 Å². The summed E-state index contributed by atoms with van der Waals surface area (Å²) >= 11 is 0. The zero-order valence-corrected chi connectivity index (χ0v) is 15.3. The van der Waals surface area contributed by atoms with E-state index < -0.39 is 27.0 Å². The molecule has 3 rings (SSSR count). The van der Waals surface area contributed by atoms with Gasteiger partial charge >= 0.3 is 5.82 Å². The van der Waals surface area contributed by atoms with E-state index in [2.05, 4.69) is 4.98 Å². The lowest BCUT2D eigenvalue weighted by atomic mass is 10.1. The molecule has 2 N–H and O–H groups in total. The number of aliphatic hydroxyl groups excluding tert-OH is 2. The number of hydrogen-bond acceptors (Lipinski definition) is 9. The van der Waals surface area contributed by atoms with E-state index in [0.29, 0.717) is 5.82 Å². The van der Waals surface area contributed by atoms with Gasteiger partial charge < -0.3 is 29.8 Å². The molecule has 0 saturated carbocycles. The van der Waals surface area contributed by atoms with Crippen molar-refractivity contribution < 1.29 is 33.0 Å². The normalized spacial score (nSPS) is 27.7. The minimum absolute atomic E-state index is 0.0363. The molecule has 0 aromatic carbocycles. The zero-order chi connectivity index (χ0) is 19.5. The fourth-order valence-corrected chi connectivity index (χ4v) is 3.46. The highest BCUT2D eigenvalue weighted by Gasteiger charge is 2.46. The van der Waals surface area contributed by atoms with Crippen molar-refractivity contribution in [1.82, 2.24) is 9.55 Å². The first-order chi connectivity index (χ1) is 12.2. The maximum absolute atomic E-state index is 11.3. The van der Waals surface area contributed by atoms with E-state index in [1.165, 1.54) is 4.57 Å². The van der Waals surface area contributed by atoms with Gasteiger partial charge in [-0.05, 0) is 4.92 Å². The van der Waals surface area contributed by atoms with Crippen molar-refractivity contribution in [3.05, 3.63) is 22.1 Å². The van der Waals surface area contributed by atoms with Crippen molar-refractivity contribution in [2.45, 2.75) is 44.8 Å². The van der Waals surface area contributed by atoms with Gasteiger partial charge in [0.15, 0.2) is 15.7 Å². The topological polar surface area (TPSA) is 154 Å². The smallest absolute Gasteiger partial charge is 0.342 e. The summed E-state index contributed by atoms with van der Waals surface area (Å²) < 4.78 is 34.0. The van der Waals surface area contributed by atoms with Crippen LogP contribution in [0.25, 0.3) is 0 Å². The van der Waals surface area contributed by atoms with Gasteiger partial charge in [0.25, 0.3) is 0 Å². The quantitative estimate of drug-likeness (QED) is 0.475. The Balaban J connectivity index is 0.000000206. The molecule has 12 heteroatoms. The van der Waals surface area contributed by atoms with Crippen LogP contribution in [0.3, 0.4) is 0 Å². The van der Waals surface area contributed by atoms with Crippen LogP contribution in [0.5, 0.6) is 0 Å². The van der Waals surface area contributed by atoms with E-state index in [0.717, 1.165) is 6.20 Å². The summed E-state index contributed by atoms with van der Waals surface area (Å²) in [6.07, 6.45) is -0.567. The Hall–Kier alpha value is -1.60. The molecule has 1 aromatic heterocycles. The lowest BCUT2D eigenvalue weighted by Crippen LogP contribution is -2.30. The van der Waals surface area contributed by atoms with Crippen LogP contribution in [0.2, 0.25) is 0 Å². The monoisotopic (exact) mass is 393 g/mol. The molecule has 26 heavy (non-hydrogen) atoms. The van der Waals surface area contributed by atoms with Crippen LogP contribution >= 0.6 is 0 Å². The number of aromatic nitrogens is 2. The first-order valence-corrected chi connectivity index (χ1v) is 9.94. The first-order valence-electron chi connectivity index (χ1n) is 8.12. The molecule has 0 bridgehead atoms. The summed E-state index contributed by atoms with van der Waals surface area (Å²) in [4.78, 5) is 13.8. The molecule has 148 valence electrons. The van der Waals surface area contributed by atoms with Gasteiger partial charge in [-0.3, -0.25) is 0 Å². The second kappa shape index (κ2) is 8.39. The molecule has 11 nitrogen and oxygen atoms in total. The molecular weight excluding hydrogens is 370 g/mol. The van der Waals surface area contributed by atoms with Crippen molar-refractivity contribution >= 4 is 15.7 Å². The molecule has 0 amide bonds. The van der Waals surface area contributed by atoms with E-state index in [9.17, 15) is 18.5 Å². The first kappa shape index (κ1) is 20.7. The molecular formula is C14H23N3O8S. The molecule has 0 aliphatic carbocycles. The number of nitro groups is 1. The third-order valence-electron chi connectivity index (χ3n) is 4.29. The third-order valence-corrected chi connectivity index (χ3v) is 5.97. The Morgan fingerprint density at radius 2 is 1.85 bits per heavy atom. The van der Waals surface area contributed by atoms with Crippen molar-refractivity contribution in [3.63, 3.8) is 0 Å². The Morgan fingerprint density at radius 3 is 2.31 bits per heavy atom. The standard InChI is InChI=1S/C8H13N3O4S.C6H10O4/c1-3-16(14,15)5-4-10-7(2)9-6-8(10)11(12)13;7-3-1-9-6-4(8)2-10-5(3)6/h6H,3-5H2,1-2H3;3-8H,1-2H2/t;3-,4+,5-,6-/m.1/s1. The van der Waals surface area contributed by atoms with Crippen molar-refractivity contribution in [1.29, 1.82) is 0 Å². The Kier molecular flexibility index (Phi) is 6.69. The molecule has 0 unspecified atom stereocenters. The average molecular weight is 393 g/mol. The summed E-state index contributed by atoms with van der Waals surface area (Å²) in [6.45, 7) is 3.78. The van der Waals surface area contributed by atoms with Gasteiger partial charge in [-0.1, -0.05) is 6.92 Å². The highest BCUT2D eigenvalue weighted by atomic mass is 32.2. The Morgan fingerprint density at radius 1 is 1.31 bits per heavy atom. The van der Waals surface area contributed by atoms with E-state index in [1.54, 1.807) is 13.8 Å². The van der Waals surface area contributed by atoms with Crippen molar-refractivity contribution in [3.8, 4) is 0 Å². The van der Waals surface area contributed by atoms with E-state index in [4.69, 9.17) is 19.7 Å². The molecule has 2 aliphatic heterocycles. The number of aryl methyl sites for hydroxylation is 1. The van der Waals surface area contributed by atoms with Crippen LogP contribution in [-0.4, -0.2) is 82.2 Å². The second-order valence-electron chi connectivity index (χ2n) is 6.04. The number of hydrogen-bond donors (Lipinski definition) is 2. The molecule has 0 radical (unpaired) electrons. The van der Waals surface area contributed by atoms with Crippen LogP contribution in [-0.2, 0) is 25.9 Å². The van der Waals surface area contributed by atoms with E-state index in [1.807, 2.05) is 0 Å². The lowest BCUT2D eigenvalue weighted by molar-refractivity contribution is -0.392. The number of nitrogens with zero attached hydrogens (tertiary/aromatic N) is 3. The predicted octanol–water partition coefficient (Wildman–Crippen LogP) is -0.960. The highest BCUT2D eigenvalue weighted by molar-refractivity contribution is 7.91. The average Bonchev–Trinajstić information content (AvgIpc) is 3.25. The number of rotatable bonds is 5. The van der Waals surface area contributed by atoms with Crippen LogP contribution < -0.4 is 0 Å². The molecule has 2 aliphatic rings. The molecule has 1 aromatic rings. The van der Waals surface area contributed by atoms with Crippen molar-refractivity contribution in [2.75, 3.05) is 24.7 Å². The van der Waals surface area contributed by atoms with Gasteiger partial charge in [0.05, 0.1) is 19.0 Å². The van der Waals surface area contributed by atoms with Gasteiger partial charge in [0.2, 0.25) is 0 Å². The summed E-state index contributed by atoms with van der Waals surface area (Å²) in [6, 6.07) is 0. The largest absolute Gasteiger partial charge is 0.388 e. The summed E-state index contributed by atoms with van der Waals surface area (Å²) in [5.41, 5.74) is 0. The van der Waals surface area contributed by atoms with E-state index in [-0.39, 0.29) is 49.3 Å². The maximum Gasteiger partial charge on any atom is 0.342 e. The van der Waals surface area contributed by atoms with Gasteiger partial charge in [0, 0.05) is 12.7 Å². The highest BCUT2D eigenvalue weighted by Crippen LogP contribution is 2.26. The number of imidazole rings is 1. The maximum atomic E-state index is 11.3.